The molecule has 0 aliphatic carbocycles. The van der Waals surface area contributed by atoms with Gasteiger partial charge in [-0.3, -0.25) is 9.78 Å². The van der Waals surface area contributed by atoms with Gasteiger partial charge in [-0.25, -0.2) is 0 Å². The summed E-state index contributed by atoms with van der Waals surface area (Å²) in [5, 5.41) is 13.2. The Bertz CT molecular complexity index is 906. The molecule has 3 rings (SSSR count). The van der Waals surface area contributed by atoms with Crippen molar-refractivity contribution in [1.82, 2.24) is 4.98 Å². The Morgan fingerprint density at radius 2 is 2.04 bits per heavy atom. The second-order valence-electron chi connectivity index (χ2n) is 5.47. The Balaban J connectivity index is 1.94. The SMILES string of the molecule is COc1ccc(NC(=O)c2cccc3ccc(C)nc23)cc1CO. The summed E-state index contributed by atoms with van der Waals surface area (Å²) in [6, 6.07) is 14.5. The first-order chi connectivity index (χ1) is 11.6. The zero-order chi connectivity index (χ0) is 17.1. The van der Waals surface area contributed by atoms with Crippen LogP contribution in [0.5, 0.6) is 5.75 Å². The predicted molar refractivity (Wildman–Crippen MR) is 93.4 cm³/mol. The average molecular weight is 322 g/mol. The van der Waals surface area contributed by atoms with Crippen molar-refractivity contribution in [3.63, 3.8) is 0 Å². The fourth-order valence-electron chi connectivity index (χ4n) is 2.61. The highest BCUT2D eigenvalue weighted by atomic mass is 16.5. The molecule has 0 saturated heterocycles. The lowest BCUT2D eigenvalue weighted by atomic mass is 10.1. The minimum absolute atomic E-state index is 0.165. The summed E-state index contributed by atoms with van der Waals surface area (Å²) >= 11 is 0. The molecule has 1 amide bonds. The molecule has 122 valence electrons. The number of aryl methyl sites for hydroxylation is 1. The number of para-hydroxylation sites is 1. The van der Waals surface area contributed by atoms with Crippen molar-refractivity contribution in [1.29, 1.82) is 0 Å². The zero-order valence-corrected chi connectivity index (χ0v) is 13.5. The molecule has 0 unspecified atom stereocenters. The zero-order valence-electron chi connectivity index (χ0n) is 13.5. The number of fused-ring (bicyclic) bond motifs is 1. The third kappa shape index (κ3) is 3.07. The van der Waals surface area contributed by atoms with Gasteiger partial charge in [0.05, 0.1) is 24.8 Å². The molecular formula is C19H18N2O3. The van der Waals surface area contributed by atoms with Crippen LogP contribution in [0.15, 0.2) is 48.5 Å². The van der Waals surface area contributed by atoms with Crippen LogP contribution in [-0.4, -0.2) is 23.1 Å². The number of hydrogen-bond donors (Lipinski definition) is 2. The number of ether oxygens (including phenoxy) is 1. The van der Waals surface area contributed by atoms with Gasteiger partial charge in [-0.1, -0.05) is 18.2 Å². The maximum atomic E-state index is 12.6. The van der Waals surface area contributed by atoms with Crippen molar-refractivity contribution >= 4 is 22.5 Å². The van der Waals surface area contributed by atoms with Crippen molar-refractivity contribution in [2.24, 2.45) is 0 Å². The van der Waals surface area contributed by atoms with E-state index in [1.54, 1.807) is 24.3 Å². The molecule has 5 nitrogen and oxygen atoms in total. The molecule has 3 aromatic rings. The number of aromatic nitrogens is 1. The third-order valence-electron chi connectivity index (χ3n) is 3.81. The number of benzene rings is 2. The Morgan fingerprint density at radius 1 is 1.21 bits per heavy atom. The van der Waals surface area contributed by atoms with Crippen molar-refractivity contribution in [3.05, 3.63) is 65.4 Å². The summed E-state index contributed by atoms with van der Waals surface area (Å²) in [6.07, 6.45) is 0. The number of carbonyl (C=O) groups is 1. The number of carbonyl (C=O) groups excluding carboxylic acids is 1. The monoisotopic (exact) mass is 322 g/mol. The highest BCUT2D eigenvalue weighted by molar-refractivity contribution is 6.11. The number of amides is 1. The van der Waals surface area contributed by atoms with Gasteiger partial charge in [0.2, 0.25) is 0 Å². The highest BCUT2D eigenvalue weighted by Gasteiger charge is 2.12. The molecule has 0 bridgehead atoms. The molecule has 2 N–H and O–H groups in total. The third-order valence-corrected chi connectivity index (χ3v) is 3.81. The Kier molecular flexibility index (Phi) is 4.44. The molecule has 24 heavy (non-hydrogen) atoms. The first kappa shape index (κ1) is 16.0. The maximum absolute atomic E-state index is 12.6. The minimum atomic E-state index is -0.243. The van der Waals surface area contributed by atoms with E-state index in [9.17, 15) is 9.90 Å². The number of hydrogen-bond acceptors (Lipinski definition) is 4. The predicted octanol–water partition coefficient (Wildman–Crippen LogP) is 3.30. The second kappa shape index (κ2) is 6.68. The summed E-state index contributed by atoms with van der Waals surface area (Å²) in [7, 11) is 1.54. The van der Waals surface area contributed by atoms with Crippen LogP contribution in [0, 0.1) is 6.92 Å². The fourth-order valence-corrected chi connectivity index (χ4v) is 2.61. The van der Waals surface area contributed by atoms with E-state index < -0.39 is 0 Å². The molecule has 0 aliphatic rings. The van der Waals surface area contributed by atoms with Gasteiger partial charge in [-0.2, -0.15) is 0 Å². The molecule has 2 aromatic carbocycles. The Labute approximate surface area is 139 Å². The fraction of sp³-hybridized carbons (Fsp3) is 0.158. The Morgan fingerprint density at radius 3 is 2.79 bits per heavy atom. The number of rotatable bonds is 4. The summed E-state index contributed by atoms with van der Waals surface area (Å²) < 4.78 is 5.17. The van der Waals surface area contributed by atoms with Gasteiger partial charge in [0, 0.05) is 22.3 Å². The minimum Gasteiger partial charge on any atom is -0.496 e. The van der Waals surface area contributed by atoms with Gasteiger partial charge >= 0.3 is 0 Å². The van der Waals surface area contributed by atoms with Gasteiger partial charge < -0.3 is 15.2 Å². The van der Waals surface area contributed by atoms with Crippen LogP contribution < -0.4 is 10.1 Å². The molecule has 0 saturated carbocycles. The van der Waals surface area contributed by atoms with E-state index in [-0.39, 0.29) is 12.5 Å². The first-order valence-corrected chi connectivity index (χ1v) is 7.58. The number of pyridine rings is 1. The molecule has 0 radical (unpaired) electrons. The van der Waals surface area contributed by atoms with E-state index in [4.69, 9.17) is 4.74 Å². The van der Waals surface area contributed by atoms with Crippen molar-refractivity contribution < 1.29 is 14.6 Å². The number of nitrogens with one attached hydrogen (secondary N) is 1. The molecule has 0 spiro atoms. The molecule has 0 atom stereocenters. The summed E-state index contributed by atoms with van der Waals surface area (Å²) in [5.74, 6) is 0.339. The molecule has 0 fully saturated rings. The van der Waals surface area contributed by atoms with E-state index >= 15 is 0 Å². The number of nitrogens with zero attached hydrogens (tertiary/aromatic N) is 1. The van der Waals surface area contributed by atoms with Crippen LogP contribution >= 0.6 is 0 Å². The standard InChI is InChI=1S/C19H18N2O3/c1-12-6-7-13-4-3-5-16(18(13)20-12)19(23)21-15-8-9-17(24-2)14(10-15)11-22/h3-10,22H,11H2,1-2H3,(H,21,23). The molecular weight excluding hydrogens is 304 g/mol. The number of anilines is 1. The maximum Gasteiger partial charge on any atom is 0.257 e. The lowest BCUT2D eigenvalue weighted by Gasteiger charge is -2.11. The second-order valence-corrected chi connectivity index (χ2v) is 5.47. The van der Waals surface area contributed by atoms with Crippen LogP contribution in [0.3, 0.4) is 0 Å². The van der Waals surface area contributed by atoms with Crippen molar-refractivity contribution in [3.8, 4) is 5.75 Å². The van der Waals surface area contributed by atoms with Crippen LogP contribution in [-0.2, 0) is 6.61 Å². The van der Waals surface area contributed by atoms with Gasteiger partial charge in [-0.15, -0.1) is 0 Å². The average Bonchev–Trinajstić information content (AvgIpc) is 2.60. The van der Waals surface area contributed by atoms with Gasteiger partial charge in [0.25, 0.3) is 5.91 Å². The van der Waals surface area contributed by atoms with E-state index in [2.05, 4.69) is 10.3 Å². The van der Waals surface area contributed by atoms with Crippen LogP contribution in [0.25, 0.3) is 10.9 Å². The number of aliphatic hydroxyl groups excluding tert-OH is 1. The normalized spacial score (nSPS) is 10.6. The van der Waals surface area contributed by atoms with Crippen LogP contribution in [0.4, 0.5) is 5.69 Å². The van der Waals surface area contributed by atoms with Gasteiger partial charge in [0.1, 0.15) is 5.75 Å². The van der Waals surface area contributed by atoms with Crippen molar-refractivity contribution in [2.75, 3.05) is 12.4 Å². The Hall–Kier alpha value is -2.92. The molecule has 1 heterocycles. The van der Waals surface area contributed by atoms with Crippen molar-refractivity contribution in [2.45, 2.75) is 13.5 Å². The molecule has 5 heteroatoms. The van der Waals surface area contributed by atoms with E-state index in [0.29, 0.717) is 28.1 Å². The van der Waals surface area contributed by atoms with Gasteiger partial charge in [-0.05, 0) is 37.3 Å². The quantitative estimate of drug-likeness (QED) is 0.773. The van der Waals surface area contributed by atoms with E-state index in [1.165, 1.54) is 7.11 Å². The molecule has 0 aliphatic heterocycles. The van der Waals surface area contributed by atoms with Crippen LogP contribution in [0.2, 0.25) is 0 Å². The number of methoxy groups -OCH3 is 1. The summed E-state index contributed by atoms with van der Waals surface area (Å²) in [6.45, 7) is 1.73. The lowest BCUT2D eigenvalue weighted by Crippen LogP contribution is -2.13. The smallest absolute Gasteiger partial charge is 0.257 e. The summed E-state index contributed by atoms with van der Waals surface area (Å²) in [5.41, 5.74) is 3.25. The van der Waals surface area contributed by atoms with E-state index in [0.717, 1.165) is 11.1 Å². The largest absolute Gasteiger partial charge is 0.496 e. The first-order valence-electron chi connectivity index (χ1n) is 7.58. The van der Waals surface area contributed by atoms with Gasteiger partial charge in [0.15, 0.2) is 0 Å². The highest BCUT2D eigenvalue weighted by Crippen LogP contribution is 2.24. The van der Waals surface area contributed by atoms with E-state index in [1.807, 2.05) is 31.2 Å². The number of aliphatic hydroxyl groups is 1. The lowest BCUT2D eigenvalue weighted by molar-refractivity contribution is 0.102. The van der Waals surface area contributed by atoms with Crippen LogP contribution in [0.1, 0.15) is 21.6 Å². The topological polar surface area (TPSA) is 71.5 Å². The molecule has 1 aromatic heterocycles. The summed E-state index contributed by atoms with van der Waals surface area (Å²) in [4.78, 5) is 17.1.